The van der Waals surface area contributed by atoms with E-state index in [-0.39, 0.29) is 105 Å². The van der Waals surface area contributed by atoms with Crippen LogP contribution in [0.4, 0.5) is 11.4 Å². The fraction of sp³-hybridized carbons (Fsp3) is 0.111. The summed E-state index contributed by atoms with van der Waals surface area (Å²) in [6, 6.07) is 5.51. The molecule has 37 heavy (non-hydrogen) atoms. The maximum absolute atomic E-state index is 12.8. The van der Waals surface area contributed by atoms with Gasteiger partial charge in [-0.15, -0.1) is 10.2 Å². The molecule has 185 valence electrons. The second-order valence-corrected chi connectivity index (χ2v) is 9.43. The molecule has 1 heterocycles. The van der Waals surface area contributed by atoms with Crippen molar-refractivity contribution in [2.45, 2.75) is 23.6 Å². The average molecular weight is 607 g/mol. The third kappa shape index (κ3) is 8.66. The number of hydrogen-bond donors (Lipinski definition) is 0. The quantitative estimate of drug-likeness (QED) is 0.145. The Labute approximate surface area is 266 Å². The van der Waals surface area contributed by atoms with Crippen LogP contribution in [0.2, 0.25) is 0 Å². The van der Waals surface area contributed by atoms with Gasteiger partial charge in [0.15, 0.2) is 0 Å². The van der Waals surface area contributed by atoms with Crippen LogP contribution in [0.1, 0.15) is 21.6 Å². The molecule has 0 atom stereocenters. The van der Waals surface area contributed by atoms with Gasteiger partial charge < -0.3 is 29.6 Å². The van der Waals surface area contributed by atoms with Crippen LogP contribution < -0.4 is 69.3 Å². The molecule has 14 nitrogen and oxygen atoms in total. The molecule has 1 N–H and O–H groups in total. The summed E-state index contributed by atoms with van der Waals surface area (Å²) >= 11 is 0. The van der Waals surface area contributed by atoms with E-state index in [4.69, 9.17) is 0 Å². The van der Waals surface area contributed by atoms with Crippen molar-refractivity contribution in [1.29, 1.82) is 0 Å². The Hall–Kier alpha value is -1.17. The van der Waals surface area contributed by atoms with Gasteiger partial charge in [-0.25, -0.2) is 21.5 Å². The van der Waals surface area contributed by atoms with Crippen LogP contribution in [0.15, 0.2) is 56.4 Å². The maximum atomic E-state index is 12.8. The number of carboxylic acids is 1. The SMILES string of the molecule is Cc1cc(S(=O)(=O)[O-])ccc1-n1nc(C)c(N=Nc2cc(S(=O)(=O)[O-])ccc2C(=O)[O-])c1[O-].[Cr+3].[Na+].[Na+].[OH-]. The topological polar surface area (TPSA) is 250 Å². The second-order valence-electron chi connectivity index (χ2n) is 6.67. The first-order valence-electron chi connectivity index (χ1n) is 8.76. The Morgan fingerprint density at radius 3 is 1.92 bits per heavy atom. The molecule has 0 unspecified atom stereocenters. The van der Waals surface area contributed by atoms with Gasteiger partial charge in [-0.3, -0.25) is 0 Å². The van der Waals surface area contributed by atoms with E-state index in [1.807, 2.05) is 0 Å². The Bertz CT molecular complexity index is 1540. The van der Waals surface area contributed by atoms with E-state index in [2.05, 4.69) is 15.3 Å². The summed E-state index contributed by atoms with van der Waals surface area (Å²) in [4.78, 5) is 10.0. The predicted octanol–water partition coefficient (Wildman–Crippen LogP) is -6.02. The molecule has 1 radical (unpaired) electrons. The van der Waals surface area contributed by atoms with E-state index in [0.29, 0.717) is 6.07 Å². The predicted molar refractivity (Wildman–Crippen MR) is 105 cm³/mol. The van der Waals surface area contributed by atoms with Crippen molar-refractivity contribution in [1.82, 2.24) is 9.78 Å². The van der Waals surface area contributed by atoms with Crippen LogP contribution in [0, 0.1) is 13.8 Å². The van der Waals surface area contributed by atoms with Crippen molar-refractivity contribution < 1.29 is 123 Å². The van der Waals surface area contributed by atoms with Crippen molar-refractivity contribution in [3.05, 3.63) is 53.2 Å². The van der Waals surface area contributed by atoms with Crippen molar-refractivity contribution in [2.75, 3.05) is 0 Å². The molecule has 3 rings (SSSR count). The molecule has 0 fully saturated rings. The third-order valence-electron chi connectivity index (χ3n) is 4.41. The van der Waals surface area contributed by atoms with E-state index in [0.717, 1.165) is 28.9 Å². The molecular formula is C18H13CrN4Na2O10S2. The van der Waals surface area contributed by atoms with E-state index in [1.165, 1.54) is 19.9 Å². The number of carboxylic acid groups (broad SMARTS) is 1. The van der Waals surface area contributed by atoms with Gasteiger partial charge in [0.25, 0.3) is 0 Å². The first kappa shape index (κ1) is 38.0. The van der Waals surface area contributed by atoms with Crippen LogP contribution in [0.5, 0.6) is 5.88 Å². The van der Waals surface area contributed by atoms with Crippen LogP contribution in [0.3, 0.4) is 0 Å². The standard InChI is InChI=1S/C18H16N4O9S2.Cr.2Na.H2O/c1-9-7-11(32(26,27)28)4-6-15(9)22-17(23)16(10(2)21-22)20-19-14-8-12(33(29,30)31)3-5-13(14)18(24)25;;;;/h3-8,23H,1-2H3,(H,24,25)(H,26,27,28)(H,29,30,31);;;;1H2/q;+3;2*+1;/p-5. The largest absolute Gasteiger partial charge is 3.00 e. The molecular weight excluding hydrogens is 594 g/mol. The number of azo groups is 1. The van der Waals surface area contributed by atoms with E-state index < -0.39 is 53.1 Å². The minimum atomic E-state index is -4.93. The summed E-state index contributed by atoms with van der Waals surface area (Å²) in [5.41, 5.74) is -1.02. The summed E-state index contributed by atoms with van der Waals surface area (Å²) in [6.45, 7) is 2.83. The Balaban J connectivity index is 0. The molecule has 0 spiro atoms. The first-order valence-corrected chi connectivity index (χ1v) is 11.6. The zero-order valence-corrected chi connectivity index (χ0v) is 26.5. The monoisotopic (exact) mass is 607 g/mol. The number of carbonyl (C=O) groups excluding carboxylic acids is 1. The average Bonchev–Trinajstić information content (AvgIpc) is 2.98. The molecule has 0 bridgehead atoms. The number of aromatic carboxylic acids is 1. The van der Waals surface area contributed by atoms with Crippen molar-refractivity contribution in [2.24, 2.45) is 10.2 Å². The summed E-state index contributed by atoms with van der Waals surface area (Å²) in [7, 11) is -9.64. The van der Waals surface area contributed by atoms with Crippen LogP contribution >= 0.6 is 0 Å². The molecule has 19 heteroatoms. The minimum absolute atomic E-state index is 0. The summed E-state index contributed by atoms with van der Waals surface area (Å²) in [5.74, 6) is -2.54. The van der Waals surface area contributed by atoms with Crippen molar-refractivity contribution in [3.63, 3.8) is 0 Å². The second kappa shape index (κ2) is 14.3. The van der Waals surface area contributed by atoms with Gasteiger partial charge in [-0.2, -0.15) is 5.10 Å². The summed E-state index contributed by atoms with van der Waals surface area (Å²) in [5, 5.41) is 35.3. The Morgan fingerprint density at radius 2 is 1.43 bits per heavy atom. The zero-order valence-electron chi connectivity index (χ0n) is 19.6. The molecule has 0 aliphatic heterocycles. The Kier molecular flexibility index (Phi) is 14.7. The van der Waals surface area contributed by atoms with Gasteiger partial charge in [-0.05, 0) is 55.8 Å². The van der Waals surface area contributed by atoms with Crippen LogP contribution in [-0.4, -0.2) is 47.2 Å². The molecule has 0 saturated heterocycles. The van der Waals surface area contributed by atoms with Crippen molar-refractivity contribution in [3.8, 4) is 11.6 Å². The Morgan fingerprint density at radius 1 is 0.919 bits per heavy atom. The van der Waals surface area contributed by atoms with Gasteiger partial charge in [0, 0.05) is 11.4 Å². The molecule has 0 aliphatic rings. The molecule has 3 aromatic rings. The zero-order chi connectivity index (χ0) is 24.7. The van der Waals surface area contributed by atoms with Gasteiger partial charge in [-0.1, -0.05) is 0 Å². The normalized spacial score (nSPS) is 11.0. The molecule has 1 aromatic heterocycles. The van der Waals surface area contributed by atoms with Gasteiger partial charge in [0.1, 0.15) is 25.9 Å². The molecule has 0 aliphatic carbocycles. The number of rotatable bonds is 6. The molecule has 2 aromatic carbocycles. The van der Waals surface area contributed by atoms with E-state index >= 15 is 0 Å². The molecule has 0 amide bonds. The van der Waals surface area contributed by atoms with E-state index in [9.17, 15) is 40.9 Å². The van der Waals surface area contributed by atoms with Crippen LogP contribution in [0.25, 0.3) is 5.69 Å². The van der Waals surface area contributed by atoms with Crippen LogP contribution in [-0.2, 0) is 37.6 Å². The number of carbonyl (C=O) groups is 1. The fourth-order valence-electron chi connectivity index (χ4n) is 2.82. The number of benzene rings is 2. The summed E-state index contributed by atoms with van der Waals surface area (Å²) in [6.07, 6.45) is 0. The van der Waals surface area contributed by atoms with Gasteiger partial charge in [0.05, 0.1) is 32.8 Å². The number of aromatic nitrogens is 2. The number of aryl methyl sites for hydroxylation is 2. The third-order valence-corrected chi connectivity index (χ3v) is 6.07. The minimum Gasteiger partial charge on any atom is -0.870 e. The number of hydrogen-bond acceptors (Lipinski definition) is 13. The van der Waals surface area contributed by atoms with Crippen molar-refractivity contribution >= 4 is 37.6 Å². The molecule has 0 saturated carbocycles. The smallest absolute Gasteiger partial charge is 0.870 e. The fourth-order valence-corrected chi connectivity index (χ4v) is 3.87. The first-order chi connectivity index (χ1) is 15.2. The summed E-state index contributed by atoms with van der Waals surface area (Å²) < 4.78 is 68.0. The van der Waals surface area contributed by atoms with E-state index in [1.54, 1.807) is 0 Å². The maximum Gasteiger partial charge on any atom is 3.00 e. The van der Waals surface area contributed by atoms with Gasteiger partial charge in [0.2, 0.25) is 0 Å². The number of nitrogens with zero attached hydrogens (tertiary/aromatic N) is 4. The van der Waals surface area contributed by atoms with Gasteiger partial charge >= 0.3 is 76.5 Å².